The van der Waals surface area contributed by atoms with Gasteiger partial charge in [-0.05, 0) is 31.2 Å². The maximum atomic E-state index is 12.2. The Morgan fingerprint density at radius 3 is 2.85 bits per heavy atom. The van der Waals surface area contributed by atoms with Crippen LogP contribution in [0.1, 0.15) is 12.5 Å². The first-order chi connectivity index (χ1) is 13.1. The maximum Gasteiger partial charge on any atom is 0.509 e. The maximum absolute atomic E-state index is 12.2. The lowest BCUT2D eigenvalue weighted by atomic mass is 10.2. The lowest BCUT2D eigenvalue weighted by Gasteiger charge is -2.33. The van der Waals surface area contributed by atoms with E-state index in [1.807, 2.05) is 0 Å². The van der Waals surface area contributed by atoms with Gasteiger partial charge in [0.1, 0.15) is 6.10 Å². The summed E-state index contributed by atoms with van der Waals surface area (Å²) < 4.78 is 15.5. The first-order valence-corrected chi connectivity index (χ1v) is 8.86. The molecular weight excluding hydrogens is 352 g/mol. The summed E-state index contributed by atoms with van der Waals surface area (Å²) in [4.78, 5) is 27.3. The second-order valence-electron chi connectivity index (χ2n) is 6.28. The standard InChI is InChI=1S/C18H22N4O5/c1-2-25-18(24)27-16-12-21(8-7-20-16)10-15-11-22(17(23)26-15)14-5-3-13(9-19)4-6-14/h3-6,15-16,20H,2,7-8,10-12H2,1H3. The van der Waals surface area contributed by atoms with Crippen LogP contribution < -0.4 is 10.2 Å². The quantitative estimate of drug-likeness (QED) is 0.769. The van der Waals surface area contributed by atoms with Crippen LogP contribution in [0, 0.1) is 11.3 Å². The van der Waals surface area contributed by atoms with Crippen molar-refractivity contribution in [2.75, 3.05) is 44.2 Å². The van der Waals surface area contributed by atoms with Crippen molar-refractivity contribution >= 4 is 17.9 Å². The monoisotopic (exact) mass is 374 g/mol. The normalized spacial score (nSPS) is 22.8. The van der Waals surface area contributed by atoms with E-state index in [4.69, 9.17) is 19.5 Å². The molecule has 27 heavy (non-hydrogen) atoms. The van der Waals surface area contributed by atoms with Crippen LogP contribution in [0.25, 0.3) is 0 Å². The summed E-state index contributed by atoms with van der Waals surface area (Å²) in [6.45, 7) is 4.86. The molecular formula is C18H22N4O5. The number of benzene rings is 1. The molecule has 1 aromatic rings. The molecule has 2 aliphatic rings. The Morgan fingerprint density at radius 2 is 2.15 bits per heavy atom. The number of nitrogens with zero attached hydrogens (tertiary/aromatic N) is 3. The molecule has 3 rings (SSSR count). The summed E-state index contributed by atoms with van der Waals surface area (Å²) in [6, 6.07) is 8.86. The summed E-state index contributed by atoms with van der Waals surface area (Å²) in [5.41, 5.74) is 1.24. The third-order valence-corrected chi connectivity index (χ3v) is 4.37. The van der Waals surface area contributed by atoms with Crippen molar-refractivity contribution in [3.63, 3.8) is 0 Å². The molecule has 2 atom stereocenters. The first-order valence-electron chi connectivity index (χ1n) is 8.86. The molecule has 2 aliphatic heterocycles. The second-order valence-corrected chi connectivity index (χ2v) is 6.28. The van der Waals surface area contributed by atoms with Gasteiger partial charge >= 0.3 is 12.2 Å². The van der Waals surface area contributed by atoms with Gasteiger partial charge in [-0.3, -0.25) is 15.1 Å². The van der Waals surface area contributed by atoms with E-state index in [2.05, 4.69) is 16.3 Å². The largest absolute Gasteiger partial charge is 0.509 e. The molecule has 1 aromatic carbocycles. The van der Waals surface area contributed by atoms with Gasteiger partial charge in [-0.25, -0.2) is 9.59 Å². The summed E-state index contributed by atoms with van der Waals surface area (Å²) in [7, 11) is 0. The Kier molecular flexibility index (Phi) is 6.11. The number of nitriles is 1. The molecule has 2 fully saturated rings. The van der Waals surface area contributed by atoms with E-state index in [0.29, 0.717) is 37.4 Å². The Bertz CT molecular complexity index is 717. The van der Waals surface area contributed by atoms with E-state index in [1.165, 1.54) is 0 Å². The zero-order chi connectivity index (χ0) is 19.2. The zero-order valence-electron chi connectivity index (χ0n) is 15.1. The van der Waals surface area contributed by atoms with Gasteiger partial charge in [0.2, 0.25) is 0 Å². The van der Waals surface area contributed by atoms with E-state index in [9.17, 15) is 9.59 Å². The van der Waals surface area contributed by atoms with Gasteiger partial charge in [0, 0.05) is 31.9 Å². The van der Waals surface area contributed by atoms with Crippen molar-refractivity contribution in [2.24, 2.45) is 0 Å². The lowest BCUT2D eigenvalue weighted by molar-refractivity contribution is -0.0185. The third kappa shape index (κ3) is 4.87. The molecule has 144 valence electrons. The van der Waals surface area contributed by atoms with Crippen LogP contribution in [0.15, 0.2) is 24.3 Å². The van der Waals surface area contributed by atoms with Gasteiger partial charge in [0.25, 0.3) is 0 Å². The number of hydrogen-bond acceptors (Lipinski definition) is 8. The molecule has 9 nitrogen and oxygen atoms in total. The smallest absolute Gasteiger partial charge is 0.443 e. The van der Waals surface area contributed by atoms with E-state index in [-0.39, 0.29) is 12.7 Å². The van der Waals surface area contributed by atoms with Crippen molar-refractivity contribution in [3.8, 4) is 6.07 Å². The highest BCUT2D eigenvalue weighted by Crippen LogP contribution is 2.22. The SMILES string of the molecule is CCOC(=O)OC1CN(CC2CN(c3ccc(C#N)cc3)C(=O)O2)CCN1. The molecule has 2 unspecified atom stereocenters. The van der Waals surface area contributed by atoms with Crippen LogP contribution in [-0.4, -0.2) is 68.8 Å². The minimum atomic E-state index is -0.698. The number of cyclic esters (lactones) is 1. The van der Waals surface area contributed by atoms with Crippen molar-refractivity contribution in [1.29, 1.82) is 5.26 Å². The molecule has 9 heteroatoms. The van der Waals surface area contributed by atoms with Crippen LogP contribution in [0.4, 0.5) is 15.3 Å². The highest BCUT2D eigenvalue weighted by molar-refractivity contribution is 5.89. The Hall–Kier alpha value is -2.83. The van der Waals surface area contributed by atoms with Crippen LogP contribution >= 0.6 is 0 Å². The summed E-state index contributed by atoms with van der Waals surface area (Å²) in [5, 5.41) is 12.0. The average molecular weight is 374 g/mol. The predicted octanol–water partition coefficient (Wildman–Crippen LogP) is 1.29. The lowest BCUT2D eigenvalue weighted by Crippen LogP contribution is -2.54. The number of amides is 1. The average Bonchev–Trinajstić information content (AvgIpc) is 3.02. The van der Waals surface area contributed by atoms with Crippen LogP contribution in [0.5, 0.6) is 0 Å². The van der Waals surface area contributed by atoms with Gasteiger partial charge in [-0.15, -0.1) is 0 Å². The zero-order valence-corrected chi connectivity index (χ0v) is 15.1. The Balaban J connectivity index is 1.53. The van der Waals surface area contributed by atoms with Crippen molar-refractivity contribution in [2.45, 2.75) is 19.3 Å². The first kappa shape index (κ1) is 18.9. The van der Waals surface area contributed by atoms with Crippen LogP contribution in [0.2, 0.25) is 0 Å². The van der Waals surface area contributed by atoms with E-state index in [1.54, 1.807) is 36.1 Å². The van der Waals surface area contributed by atoms with Crippen molar-refractivity contribution in [1.82, 2.24) is 10.2 Å². The molecule has 2 heterocycles. The topological polar surface area (TPSA) is 104 Å². The molecule has 0 spiro atoms. The van der Waals surface area contributed by atoms with Gasteiger partial charge in [0.05, 0.1) is 24.8 Å². The summed E-state index contributed by atoms with van der Waals surface area (Å²) >= 11 is 0. The molecule has 0 aromatic heterocycles. The molecule has 0 bridgehead atoms. The van der Waals surface area contributed by atoms with Crippen molar-refractivity contribution < 1.29 is 23.8 Å². The van der Waals surface area contributed by atoms with Crippen molar-refractivity contribution in [3.05, 3.63) is 29.8 Å². The fourth-order valence-electron chi connectivity index (χ4n) is 3.12. The van der Waals surface area contributed by atoms with E-state index < -0.39 is 18.5 Å². The Morgan fingerprint density at radius 1 is 1.37 bits per heavy atom. The molecule has 0 aliphatic carbocycles. The van der Waals surface area contributed by atoms with E-state index in [0.717, 1.165) is 6.54 Å². The highest BCUT2D eigenvalue weighted by Gasteiger charge is 2.34. The third-order valence-electron chi connectivity index (χ3n) is 4.37. The molecule has 1 N–H and O–H groups in total. The summed E-state index contributed by atoms with van der Waals surface area (Å²) in [5.74, 6) is 0. The number of carbonyl (C=O) groups is 2. The number of carbonyl (C=O) groups excluding carboxylic acids is 2. The number of hydrogen-bond donors (Lipinski definition) is 1. The number of piperazine rings is 1. The Labute approximate surface area is 157 Å². The van der Waals surface area contributed by atoms with Gasteiger partial charge in [-0.1, -0.05) is 0 Å². The minimum Gasteiger partial charge on any atom is -0.443 e. The molecule has 0 saturated carbocycles. The highest BCUT2D eigenvalue weighted by atomic mass is 16.7. The number of ether oxygens (including phenoxy) is 3. The van der Waals surface area contributed by atoms with Gasteiger partial charge in [-0.2, -0.15) is 5.26 Å². The molecule has 2 saturated heterocycles. The van der Waals surface area contributed by atoms with Crippen LogP contribution in [-0.2, 0) is 14.2 Å². The van der Waals surface area contributed by atoms with E-state index >= 15 is 0 Å². The number of rotatable bonds is 5. The van der Waals surface area contributed by atoms with Gasteiger partial charge in [0.15, 0.2) is 6.23 Å². The predicted molar refractivity (Wildman–Crippen MR) is 95.1 cm³/mol. The fourth-order valence-corrected chi connectivity index (χ4v) is 3.12. The fraction of sp³-hybridized carbons (Fsp3) is 0.500. The summed E-state index contributed by atoms with van der Waals surface area (Å²) in [6.07, 6.45) is -1.84. The second kappa shape index (κ2) is 8.70. The molecule has 1 amide bonds. The minimum absolute atomic E-state index is 0.262. The van der Waals surface area contributed by atoms with Crippen LogP contribution in [0.3, 0.4) is 0 Å². The number of nitrogens with one attached hydrogen (secondary N) is 1. The van der Waals surface area contributed by atoms with Gasteiger partial charge < -0.3 is 14.2 Å². The number of anilines is 1. The molecule has 0 radical (unpaired) electrons.